The maximum Gasteiger partial charge on any atom is 0.321 e. The molecule has 0 aromatic heterocycles. The first-order chi connectivity index (χ1) is 15.0. The van der Waals surface area contributed by atoms with Crippen LogP contribution in [-0.4, -0.2) is 25.5 Å². The maximum atomic E-state index is 13.4. The molecule has 3 unspecified atom stereocenters. The molecule has 0 aliphatic carbocycles. The van der Waals surface area contributed by atoms with E-state index in [1.807, 2.05) is 6.07 Å². The van der Waals surface area contributed by atoms with E-state index in [0.717, 1.165) is 25.7 Å². The topological polar surface area (TPSA) is 69.7 Å². The monoisotopic (exact) mass is 465 g/mol. The quantitative estimate of drug-likeness (QED) is 0.169. The smallest absolute Gasteiger partial charge is 0.321 e. The van der Waals surface area contributed by atoms with Gasteiger partial charge in [-0.15, -0.1) is 0 Å². The number of unbranched alkanes of at least 4 members (excludes halogenated alkanes) is 1. The van der Waals surface area contributed by atoms with E-state index in [0.29, 0.717) is 23.8 Å². The molecule has 0 heterocycles. The van der Waals surface area contributed by atoms with Crippen molar-refractivity contribution < 1.29 is 23.6 Å². The summed E-state index contributed by atoms with van der Waals surface area (Å²) >= 11 is 6.29. The number of Topliss-reactive ketones (excluding diaryl/α,β-unsaturated/α-hetero) is 1. The third-order valence-corrected chi connectivity index (χ3v) is 5.39. The van der Waals surface area contributed by atoms with Crippen molar-refractivity contribution in [2.45, 2.75) is 45.4 Å². The van der Waals surface area contributed by atoms with E-state index < -0.39 is 17.7 Å². The Kier molecular flexibility index (Phi) is 12.7. The predicted molar refractivity (Wildman–Crippen MR) is 126 cm³/mol. The van der Waals surface area contributed by atoms with Crippen LogP contribution in [0.4, 0.5) is 0 Å². The lowest BCUT2D eigenvalue weighted by molar-refractivity contribution is -0.145. The first-order valence-corrected chi connectivity index (χ1v) is 11.2. The molecule has 2 aromatic carbocycles. The Morgan fingerprint density at radius 3 is 2.29 bits per heavy atom. The molecule has 0 spiro atoms. The average Bonchev–Trinajstić information content (AvgIpc) is 2.81. The molecule has 3 atom stereocenters. The molecule has 31 heavy (non-hydrogen) atoms. The van der Waals surface area contributed by atoms with Crippen molar-refractivity contribution in [3.8, 4) is 5.75 Å². The van der Waals surface area contributed by atoms with Crippen LogP contribution in [0.1, 0.15) is 61.4 Å². The Hall–Kier alpha value is -2.23. The molecule has 0 saturated heterocycles. The summed E-state index contributed by atoms with van der Waals surface area (Å²) in [6.07, 6.45) is 4.12. The third kappa shape index (κ3) is 7.75. The minimum absolute atomic E-state index is 0.195. The minimum atomic E-state index is -1.09. The molecule has 0 N–H and O–H groups in total. The normalized spacial score (nSPS) is 12.1. The third-order valence-electron chi connectivity index (χ3n) is 5.08. The highest BCUT2D eigenvalue weighted by atomic mass is 35.5. The molecule has 0 saturated carbocycles. The first-order valence-electron chi connectivity index (χ1n) is 10.3. The van der Waals surface area contributed by atoms with Gasteiger partial charge in [-0.05, 0) is 30.0 Å². The van der Waals surface area contributed by atoms with Crippen molar-refractivity contribution in [1.82, 2.24) is 0 Å². The zero-order valence-electron chi connectivity index (χ0n) is 18.3. The summed E-state index contributed by atoms with van der Waals surface area (Å²) in [6.45, 7) is 4.54. The van der Waals surface area contributed by atoms with Crippen LogP contribution in [0.3, 0.4) is 0 Å². The number of ether oxygens (including phenoxy) is 2. The van der Waals surface area contributed by atoms with Gasteiger partial charge in [0.1, 0.15) is 11.7 Å². The van der Waals surface area contributed by atoms with Crippen LogP contribution in [0, 0.1) is 5.92 Å². The van der Waals surface area contributed by atoms with E-state index in [9.17, 15) is 9.59 Å². The summed E-state index contributed by atoms with van der Waals surface area (Å²) in [5.74, 6) is -1.44. The predicted octanol–water partition coefficient (Wildman–Crippen LogP) is 6.28. The summed E-state index contributed by atoms with van der Waals surface area (Å²) in [4.78, 5) is 26.4. The number of esters is 1. The molecule has 5 nitrogen and oxygen atoms in total. The number of hydrogen-bond donors (Lipinski definition) is 0. The number of carbonyl (C=O) groups is 2. The molecule has 0 amide bonds. The highest BCUT2D eigenvalue weighted by Crippen LogP contribution is 2.33. The number of methoxy groups -OCH3 is 1. The van der Waals surface area contributed by atoms with Gasteiger partial charge in [-0.2, -0.15) is 0 Å². The molecule has 2 rings (SSSR count). The van der Waals surface area contributed by atoms with Crippen molar-refractivity contribution in [3.05, 3.63) is 64.7 Å². The summed E-state index contributed by atoms with van der Waals surface area (Å²) in [5, 5.41) is 0.248. The second-order valence-electron chi connectivity index (χ2n) is 7.07. The minimum Gasteiger partial charge on any atom is -0.496 e. The van der Waals surface area contributed by atoms with Crippen molar-refractivity contribution >= 4 is 32.5 Å². The number of benzene rings is 2. The van der Waals surface area contributed by atoms with E-state index in [1.165, 1.54) is 16.2 Å². The fourth-order valence-corrected chi connectivity index (χ4v) is 3.54. The first kappa shape index (κ1) is 26.8. The van der Waals surface area contributed by atoms with E-state index in [2.05, 4.69) is 13.8 Å². The average molecular weight is 466 g/mol. The molecule has 2 aromatic rings. The molecule has 0 aliphatic rings. The molecule has 168 valence electrons. The van der Waals surface area contributed by atoms with Crippen LogP contribution >= 0.6 is 20.7 Å². The van der Waals surface area contributed by atoms with Gasteiger partial charge in [0, 0.05) is 0 Å². The Morgan fingerprint density at radius 2 is 1.71 bits per heavy atom. The van der Waals surface area contributed by atoms with Crippen LogP contribution in [0.5, 0.6) is 5.75 Å². The summed E-state index contributed by atoms with van der Waals surface area (Å²) in [7, 11) is 2.64. The molecule has 0 fully saturated rings. The zero-order valence-corrected chi connectivity index (χ0v) is 20.2. The lowest BCUT2D eigenvalue weighted by Crippen LogP contribution is -2.27. The van der Waals surface area contributed by atoms with Crippen LogP contribution < -0.4 is 4.74 Å². The van der Waals surface area contributed by atoms with Gasteiger partial charge in [0.2, 0.25) is 0 Å². The standard InChI is InChI=1S/C24H29ClO4.H2OP/c1-4-6-11-17(5-2)16-29-24(27)21(18-12-8-7-9-13-18)23(26)22-19(25)14-10-15-20(22)28-3;1-2/h7-10,12-15,17,21H,4-6,11,16H2,1-3H3;2H2/q;+1. The Morgan fingerprint density at radius 1 is 1.03 bits per heavy atom. The van der Waals surface area contributed by atoms with Gasteiger partial charge >= 0.3 is 15.1 Å². The SMILES string of the molecule is CCCCC(CC)COC(=O)C(C(=O)c1c(Cl)cccc1OC)c1ccccc1.O=[PH2+]. The Balaban J connectivity index is 0.00000233. The summed E-state index contributed by atoms with van der Waals surface area (Å²) in [6, 6.07) is 13.9. The van der Waals surface area contributed by atoms with E-state index in [-0.39, 0.29) is 10.6 Å². The maximum absolute atomic E-state index is 13.4. The van der Waals surface area contributed by atoms with Crippen molar-refractivity contribution in [3.63, 3.8) is 0 Å². The number of hydrogen-bond acceptors (Lipinski definition) is 5. The van der Waals surface area contributed by atoms with Gasteiger partial charge in [0.25, 0.3) is 0 Å². The summed E-state index contributed by atoms with van der Waals surface area (Å²) in [5.41, 5.74) is 0.770. The highest BCUT2D eigenvalue weighted by Gasteiger charge is 2.34. The van der Waals surface area contributed by atoms with Crippen LogP contribution in [0.25, 0.3) is 0 Å². The molecular weight excluding hydrogens is 435 g/mol. The molecule has 7 heteroatoms. The van der Waals surface area contributed by atoms with Gasteiger partial charge in [-0.3, -0.25) is 9.59 Å². The van der Waals surface area contributed by atoms with E-state index in [4.69, 9.17) is 25.6 Å². The van der Waals surface area contributed by atoms with E-state index in [1.54, 1.807) is 42.5 Å². The van der Waals surface area contributed by atoms with Crippen LogP contribution in [0.2, 0.25) is 5.02 Å². The fraction of sp³-hybridized carbons (Fsp3) is 0.417. The van der Waals surface area contributed by atoms with Gasteiger partial charge in [-0.1, -0.05) is 85.7 Å². The Labute approximate surface area is 191 Å². The second kappa shape index (κ2) is 14.7. The molecule has 0 aliphatic heterocycles. The molecule has 0 bridgehead atoms. The Bertz CT molecular complexity index is 828. The number of ketones is 1. The summed E-state index contributed by atoms with van der Waals surface area (Å²) < 4.78 is 19.1. The fourth-order valence-electron chi connectivity index (χ4n) is 3.28. The van der Waals surface area contributed by atoms with Crippen LogP contribution in [0.15, 0.2) is 48.5 Å². The lowest BCUT2D eigenvalue weighted by atomic mass is 9.90. The van der Waals surface area contributed by atoms with Gasteiger partial charge in [-0.25, -0.2) is 0 Å². The van der Waals surface area contributed by atoms with Crippen molar-refractivity contribution in [1.29, 1.82) is 0 Å². The number of halogens is 1. The van der Waals surface area contributed by atoms with Gasteiger partial charge < -0.3 is 9.47 Å². The van der Waals surface area contributed by atoms with Gasteiger partial charge in [0.05, 0.1) is 24.3 Å². The molecule has 0 radical (unpaired) electrons. The zero-order chi connectivity index (χ0) is 23.2. The van der Waals surface area contributed by atoms with E-state index >= 15 is 0 Å². The van der Waals surface area contributed by atoms with Crippen molar-refractivity contribution in [2.24, 2.45) is 5.92 Å². The number of rotatable bonds is 11. The van der Waals surface area contributed by atoms with Crippen LogP contribution in [-0.2, 0) is 14.1 Å². The lowest BCUT2D eigenvalue weighted by Gasteiger charge is -2.20. The van der Waals surface area contributed by atoms with Crippen molar-refractivity contribution in [2.75, 3.05) is 13.7 Å². The van der Waals surface area contributed by atoms with Gasteiger partial charge in [0.15, 0.2) is 5.78 Å². The largest absolute Gasteiger partial charge is 0.496 e. The highest BCUT2D eigenvalue weighted by molar-refractivity contribution is 7.00. The second-order valence-corrected chi connectivity index (χ2v) is 7.48. The molecular formula is C24H31ClO5P+. The number of carbonyl (C=O) groups excluding carboxylic acids is 2.